The predicted molar refractivity (Wildman–Crippen MR) is 70.6 cm³/mol. The lowest BCUT2D eigenvalue weighted by Gasteiger charge is -2.05. The van der Waals surface area contributed by atoms with Gasteiger partial charge in [-0.05, 0) is 36.8 Å². The van der Waals surface area contributed by atoms with Crippen molar-refractivity contribution in [3.8, 4) is 0 Å². The Kier molecular flexibility index (Phi) is 3.43. The Hall–Kier alpha value is -2.14. The van der Waals surface area contributed by atoms with Crippen LogP contribution >= 0.6 is 11.6 Å². The van der Waals surface area contributed by atoms with Gasteiger partial charge in [-0.25, -0.2) is 9.97 Å². The van der Waals surface area contributed by atoms with Crippen molar-refractivity contribution in [1.29, 1.82) is 0 Å². The minimum absolute atomic E-state index is 0.168. The Morgan fingerprint density at radius 3 is 2.83 bits per heavy atom. The molecule has 1 heterocycles. The van der Waals surface area contributed by atoms with Gasteiger partial charge in [-0.2, -0.15) is 0 Å². The first-order valence-electron chi connectivity index (χ1n) is 5.22. The van der Waals surface area contributed by atoms with E-state index < -0.39 is 0 Å². The fourth-order valence-electron chi connectivity index (χ4n) is 1.39. The van der Waals surface area contributed by atoms with Crippen molar-refractivity contribution < 1.29 is 4.79 Å². The Labute approximate surface area is 109 Å². The molecule has 92 valence electrons. The van der Waals surface area contributed by atoms with Gasteiger partial charge < -0.3 is 5.73 Å². The molecule has 0 radical (unpaired) electrons. The monoisotopic (exact) mass is 262 g/mol. The van der Waals surface area contributed by atoms with Gasteiger partial charge in [0.25, 0.3) is 5.91 Å². The molecule has 3 N–H and O–H groups in total. The van der Waals surface area contributed by atoms with Crippen molar-refractivity contribution in [2.24, 2.45) is 0 Å². The molecule has 1 amide bonds. The molecule has 0 aliphatic rings. The van der Waals surface area contributed by atoms with Gasteiger partial charge in [0.05, 0.1) is 0 Å². The molecule has 0 fully saturated rings. The highest BCUT2D eigenvalue weighted by Crippen LogP contribution is 2.14. The number of hydrogen-bond donors (Lipinski definition) is 2. The smallest absolute Gasteiger partial charge is 0.258 e. The average Bonchev–Trinajstić information content (AvgIpc) is 2.32. The third-order valence-corrected chi connectivity index (χ3v) is 2.59. The number of nitrogen functional groups attached to an aromatic ring is 1. The Balaban J connectivity index is 2.19. The van der Waals surface area contributed by atoms with Gasteiger partial charge in [-0.3, -0.25) is 10.1 Å². The molecule has 0 bridgehead atoms. The summed E-state index contributed by atoms with van der Waals surface area (Å²) in [5.41, 5.74) is 7.66. The maximum atomic E-state index is 11.9. The largest absolute Gasteiger partial charge is 0.399 e. The van der Waals surface area contributed by atoms with Crippen LogP contribution in [0, 0.1) is 6.92 Å². The number of rotatable bonds is 2. The summed E-state index contributed by atoms with van der Waals surface area (Å²) in [7, 11) is 0. The molecule has 2 aromatic rings. The van der Waals surface area contributed by atoms with E-state index in [1.807, 2.05) is 6.92 Å². The van der Waals surface area contributed by atoms with E-state index in [1.165, 1.54) is 12.3 Å². The third kappa shape index (κ3) is 2.75. The number of carbonyl (C=O) groups excluding carboxylic acids is 1. The highest BCUT2D eigenvalue weighted by atomic mass is 35.5. The van der Waals surface area contributed by atoms with E-state index in [1.54, 1.807) is 18.2 Å². The molecule has 1 aromatic heterocycles. The second kappa shape index (κ2) is 5.01. The van der Waals surface area contributed by atoms with Gasteiger partial charge in [0.15, 0.2) is 0 Å². The topological polar surface area (TPSA) is 80.9 Å². The Morgan fingerprint density at radius 1 is 1.39 bits per heavy atom. The predicted octanol–water partition coefficient (Wildman–Crippen LogP) is 2.27. The molecule has 1 aromatic carbocycles. The maximum absolute atomic E-state index is 11.9. The fourth-order valence-corrected chi connectivity index (χ4v) is 1.52. The number of aryl methyl sites for hydroxylation is 1. The van der Waals surface area contributed by atoms with Crippen molar-refractivity contribution >= 4 is 29.1 Å². The van der Waals surface area contributed by atoms with E-state index in [-0.39, 0.29) is 17.0 Å². The Morgan fingerprint density at radius 2 is 2.17 bits per heavy atom. The highest BCUT2D eigenvalue weighted by Gasteiger charge is 2.08. The number of aromatic nitrogens is 2. The first kappa shape index (κ1) is 12.3. The van der Waals surface area contributed by atoms with Crippen LogP contribution in [0.15, 0.2) is 30.5 Å². The zero-order chi connectivity index (χ0) is 13.1. The van der Waals surface area contributed by atoms with Crippen LogP contribution in [0.25, 0.3) is 0 Å². The summed E-state index contributed by atoms with van der Waals surface area (Å²) in [6.07, 6.45) is 1.47. The summed E-state index contributed by atoms with van der Waals surface area (Å²) in [5.74, 6) is -0.137. The number of halogens is 1. The highest BCUT2D eigenvalue weighted by molar-refractivity contribution is 6.29. The molecule has 0 saturated heterocycles. The van der Waals surface area contributed by atoms with Gasteiger partial charge in [0, 0.05) is 17.4 Å². The summed E-state index contributed by atoms with van der Waals surface area (Å²) < 4.78 is 0. The molecule has 0 aliphatic heterocycles. The van der Waals surface area contributed by atoms with Crippen molar-refractivity contribution in [2.75, 3.05) is 11.1 Å². The zero-order valence-electron chi connectivity index (χ0n) is 9.64. The molecule has 18 heavy (non-hydrogen) atoms. The second-order valence-corrected chi connectivity index (χ2v) is 4.12. The van der Waals surface area contributed by atoms with E-state index in [0.29, 0.717) is 11.3 Å². The lowest BCUT2D eigenvalue weighted by atomic mass is 10.1. The quantitative estimate of drug-likeness (QED) is 0.643. The van der Waals surface area contributed by atoms with Crippen LogP contribution in [0.3, 0.4) is 0 Å². The second-order valence-electron chi connectivity index (χ2n) is 3.73. The summed E-state index contributed by atoms with van der Waals surface area (Å²) >= 11 is 5.70. The SMILES string of the molecule is Cc1cc(C(=O)Nc2nccc(Cl)n2)ccc1N. The lowest BCUT2D eigenvalue weighted by molar-refractivity contribution is 0.102. The molecule has 6 heteroatoms. The molecule has 5 nitrogen and oxygen atoms in total. The summed E-state index contributed by atoms with van der Waals surface area (Å²) in [4.78, 5) is 19.7. The molecule has 0 spiro atoms. The molecule has 0 saturated carbocycles. The van der Waals surface area contributed by atoms with E-state index in [0.717, 1.165) is 5.56 Å². The number of benzene rings is 1. The van der Waals surface area contributed by atoms with Crippen LogP contribution in [0.5, 0.6) is 0 Å². The fraction of sp³-hybridized carbons (Fsp3) is 0.0833. The van der Waals surface area contributed by atoms with Crippen LogP contribution in [-0.2, 0) is 0 Å². The standard InChI is InChI=1S/C12H11ClN4O/c1-7-6-8(2-3-9(7)14)11(18)17-12-15-5-4-10(13)16-12/h2-6H,14H2,1H3,(H,15,16,17,18). The molecule has 2 rings (SSSR count). The maximum Gasteiger partial charge on any atom is 0.258 e. The van der Waals surface area contributed by atoms with Gasteiger partial charge in [0.1, 0.15) is 5.15 Å². The van der Waals surface area contributed by atoms with Gasteiger partial charge in [0.2, 0.25) is 5.95 Å². The molecule has 0 atom stereocenters. The zero-order valence-corrected chi connectivity index (χ0v) is 10.4. The van der Waals surface area contributed by atoms with Crippen molar-refractivity contribution in [3.63, 3.8) is 0 Å². The first-order chi connectivity index (χ1) is 8.56. The number of anilines is 2. The van der Waals surface area contributed by atoms with E-state index in [9.17, 15) is 4.79 Å². The molecular formula is C12H11ClN4O. The molecule has 0 unspecified atom stereocenters. The van der Waals surface area contributed by atoms with Crippen LogP contribution in [0.4, 0.5) is 11.6 Å². The minimum Gasteiger partial charge on any atom is -0.399 e. The summed E-state index contributed by atoms with van der Waals surface area (Å²) in [5, 5.41) is 2.83. The first-order valence-corrected chi connectivity index (χ1v) is 5.60. The van der Waals surface area contributed by atoms with Gasteiger partial charge >= 0.3 is 0 Å². The lowest BCUT2D eigenvalue weighted by Crippen LogP contribution is -2.14. The summed E-state index contributed by atoms with van der Waals surface area (Å²) in [6, 6.07) is 6.56. The number of hydrogen-bond acceptors (Lipinski definition) is 4. The number of nitrogens with zero attached hydrogens (tertiary/aromatic N) is 2. The van der Waals surface area contributed by atoms with Crippen LogP contribution in [-0.4, -0.2) is 15.9 Å². The number of carbonyl (C=O) groups is 1. The van der Waals surface area contributed by atoms with Crippen LogP contribution in [0.2, 0.25) is 5.15 Å². The van der Waals surface area contributed by atoms with Gasteiger partial charge in [-0.15, -0.1) is 0 Å². The number of amides is 1. The number of nitrogens with one attached hydrogen (secondary N) is 1. The Bertz CT molecular complexity index is 600. The summed E-state index contributed by atoms with van der Waals surface area (Å²) in [6.45, 7) is 1.84. The van der Waals surface area contributed by atoms with E-state index in [4.69, 9.17) is 17.3 Å². The van der Waals surface area contributed by atoms with E-state index in [2.05, 4.69) is 15.3 Å². The van der Waals surface area contributed by atoms with Crippen molar-refractivity contribution in [1.82, 2.24) is 9.97 Å². The normalized spacial score (nSPS) is 10.1. The molecular weight excluding hydrogens is 252 g/mol. The number of nitrogens with two attached hydrogens (primary N) is 1. The minimum atomic E-state index is -0.305. The van der Waals surface area contributed by atoms with Crippen molar-refractivity contribution in [3.05, 3.63) is 46.7 Å². The van der Waals surface area contributed by atoms with Crippen molar-refractivity contribution in [2.45, 2.75) is 6.92 Å². The van der Waals surface area contributed by atoms with Crippen LogP contribution < -0.4 is 11.1 Å². The van der Waals surface area contributed by atoms with Gasteiger partial charge in [-0.1, -0.05) is 11.6 Å². The van der Waals surface area contributed by atoms with E-state index >= 15 is 0 Å². The molecule has 0 aliphatic carbocycles. The average molecular weight is 263 g/mol. The third-order valence-electron chi connectivity index (χ3n) is 2.38. The van der Waals surface area contributed by atoms with Crippen LogP contribution in [0.1, 0.15) is 15.9 Å².